The predicted molar refractivity (Wildman–Crippen MR) is 152 cm³/mol. The highest BCUT2D eigenvalue weighted by atomic mass is 28.4. The molecule has 0 aromatic rings. The van der Waals surface area contributed by atoms with E-state index in [1.807, 2.05) is 6.08 Å². The molecule has 36 heavy (non-hydrogen) atoms. The highest BCUT2D eigenvalue weighted by molar-refractivity contribution is 6.77. The normalized spacial score (nSPS) is 39.2. The van der Waals surface area contributed by atoms with Gasteiger partial charge < -0.3 is 19.0 Å². The summed E-state index contributed by atoms with van der Waals surface area (Å²) >= 11 is 0. The summed E-state index contributed by atoms with van der Waals surface area (Å²) in [5.41, 5.74) is 1.62. The van der Waals surface area contributed by atoms with Crippen molar-refractivity contribution in [2.45, 2.75) is 117 Å². The van der Waals surface area contributed by atoms with Crippen molar-refractivity contribution in [1.82, 2.24) is 0 Å². The highest BCUT2D eigenvalue weighted by Gasteiger charge is 2.66. The third kappa shape index (κ3) is 4.21. The van der Waals surface area contributed by atoms with Crippen molar-refractivity contribution in [2.75, 3.05) is 13.9 Å². The second-order valence-corrected chi connectivity index (χ2v) is 18.9. The van der Waals surface area contributed by atoms with Crippen molar-refractivity contribution in [3.05, 3.63) is 36.6 Å². The van der Waals surface area contributed by atoms with Crippen LogP contribution in [0.5, 0.6) is 0 Å². The van der Waals surface area contributed by atoms with E-state index in [2.05, 4.69) is 75.0 Å². The summed E-state index contributed by atoms with van der Waals surface area (Å²) in [5, 5.41) is 12.1. The number of ether oxygens (including phenoxy) is 2. The molecule has 3 rings (SSSR count). The van der Waals surface area contributed by atoms with E-state index < -0.39 is 19.8 Å². The van der Waals surface area contributed by atoms with Crippen LogP contribution in [0.15, 0.2) is 36.6 Å². The zero-order chi connectivity index (χ0) is 27.3. The monoisotopic (exact) mass is 518 g/mol. The SMILES string of the molecule is C=C[C@]1(C)C[C@@H](O)C2(C)C(C)CCC3(CC=C(O[Si](C(C)C)(C(C)C)C(C)C)C32)C(=C)C1OCOC. The minimum Gasteiger partial charge on any atom is -0.546 e. The topological polar surface area (TPSA) is 47.9 Å². The largest absolute Gasteiger partial charge is 0.546 e. The summed E-state index contributed by atoms with van der Waals surface area (Å²) in [5.74, 6) is 1.57. The lowest BCUT2D eigenvalue weighted by molar-refractivity contribution is -0.164. The van der Waals surface area contributed by atoms with E-state index in [1.165, 1.54) is 0 Å². The first kappa shape index (κ1) is 29.7. The van der Waals surface area contributed by atoms with Gasteiger partial charge in [0.1, 0.15) is 6.79 Å². The molecule has 2 saturated carbocycles. The molecular weight excluding hydrogens is 464 g/mol. The molecular formula is C31H54O4Si. The van der Waals surface area contributed by atoms with Gasteiger partial charge in [-0.1, -0.05) is 75.0 Å². The third-order valence-corrected chi connectivity index (χ3v) is 16.9. The Morgan fingerprint density at radius 3 is 2.22 bits per heavy atom. The molecule has 4 nitrogen and oxygen atoms in total. The van der Waals surface area contributed by atoms with Crippen LogP contribution < -0.4 is 0 Å². The van der Waals surface area contributed by atoms with Gasteiger partial charge in [-0.05, 0) is 59.9 Å². The Bertz CT molecular complexity index is 841. The molecule has 0 heterocycles. The first-order valence-electron chi connectivity index (χ1n) is 14.2. The van der Waals surface area contributed by atoms with Gasteiger partial charge in [-0.15, -0.1) is 6.58 Å². The van der Waals surface area contributed by atoms with E-state index in [0.29, 0.717) is 29.0 Å². The lowest BCUT2D eigenvalue weighted by Gasteiger charge is -2.62. The van der Waals surface area contributed by atoms with Crippen LogP contribution in [0.3, 0.4) is 0 Å². The number of hydrogen-bond acceptors (Lipinski definition) is 4. The minimum absolute atomic E-state index is 0.0855. The number of rotatable bonds is 9. The van der Waals surface area contributed by atoms with E-state index in [0.717, 1.165) is 30.6 Å². The van der Waals surface area contributed by atoms with Crippen LogP contribution >= 0.6 is 0 Å². The molecule has 0 amide bonds. The Balaban J connectivity index is 2.21. The molecule has 2 bridgehead atoms. The molecule has 5 unspecified atom stereocenters. The average Bonchev–Trinajstić information content (AvgIpc) is 3.18. The molecule has 0 radical (unpaired) electrons. The van der Waals surface area contributed by atoms with Crippen molar-refractivity contribution in [3.63, 3.8) is 0 Å². The van der Waals surface area contributed by atoms with Crippen molar-refractivity contribution >= 4 is 8.32 Å². The van der Waals surface area contributed by atoms with E-state index >= 15 is 0 Å². The zero-order valence-corrected chi connectivity index (χ0v) is 25.8. The van der Waals surface area contributed by atoms with Crippen LogP contribution in [0, 0.1) is 28.1 Å². The first-order chi connectivity index (χ1) is 16.7. The number of allylic oxidation sites excluding steroid dienone is 2. The molecule has 5 heteroatoms. The maximum absolute atomic E-state index is 12.1. The van der Waals surface area contributed by atoms with Gasteiger partial charge in [0.15, 0.2) is 0 Å². The van der Waals surface area contributed by atoms with Crippen molar-refractivity contribution < 1.29 is 19.0 Å². The fraction of sp³-hybridized carbons (Fsp3) is 0.806. The molecule has 0 aliphatic heterocycles. The molecule has 206 valence electrons. The van der Waals surface area contributed by atoms with Gasteiger partial charge in [0.2, 0.25) is 0 Å². The zero-order valence-electron chi connectivity index (χ0n) is 24.8. The van der Waals surface area contributed by atoms with Gasteiger partial charge in [-0.25, -0.2) is 0 Å². The quantitative estimate of drug-likeness (QED) is 0.191. The van der Waals surface area contributed by atoms with Gasteiger partial charge >= 0.3 is 0 Å². The standard InChI is InChI=1S/C31H54O4Si/c1-13-29(10)18-26(32)30(11)23(8)14-16-31(24(9)28(29)34-19-33-12)17-15-25(27(30)31)35-36(20(2)3,21(4)5)22(6)7/h13,15,20-23,26-28,32H,1,9,14,16-19H2,2-8,10-12H3/t23?,26-,27?,28?,29-,30?,31?/m1/s1. The lowest BCUT2D eigenvalue weighted by atomic mass is 9.45. The summed E-state index contributed by atoms with van der Waals surface area (Å²) < 4.78 is 19.2. The van der Waals surface area contributed by atoms with Crippen LogP contribution in [0.2, 0.25) is 16.6 Å². The van der Waals surface area contributed by atoms with Crippen molar-refractivity contribution in [2.24, 2.45) is 28.1 Å². The molecule has 3 aliphatic carbocycles. The number of hydrogen-bond donors (Lipinski definition) is 1. The summed E-state index contributed by atoms with van der Waals surface area (Å²) in [6.07, 6.45) is 7.11. The fourth-order valence-electron chi connectivity index (χ4n) is 8.68. The third-order valence-electron chi connectivity index (χ3n) is 10.9. The molecule has 0 saturated heterocycles. The smallest absolute Gasteiger partial charge is 0.258 e. The lowest BCUT2D eigenvalue weighted by Crippen LogP contribution is -2.61. The van der Waals surface area contributed by atoms with Crippen LogP contribution in [0.4, 0.5) is 0 Å². The molecule has 0 aromatic heterocycles. The average molecular weight is 519 g/mol. The molecule has 1 N–H and O–H groups in total. The van der Waals surface area contributed by atoms with Crippen LogP contribution in [-0.2, 0) is 13.9 Å². The van der Waals surface area contributed by atoms with Gasteiger partial charge in [0.25, 0.3) is 8.32 Å². The Labute approximate surface area is 222 Å². The second-order valence-electron chi connectivity index (χ2n) is 13.5. The predicted octanol–water partition coefficient (Wildman–Crippen LogP) is 8.01. The van der Waals surface area contributed by atoms with E-state index in [4.69, 9.17) is 20.5 Å². The Kier molecular flexibility index (Phi) is 8.53. The fourth-order valence-corrected chi connectivity index (χ4v) is 14.0. The maximum atomic E-state index is 12.1. The van der Waals surface area contributed by atoms with Gasteiger partial charge in [-0.2, -0.15) is 0 Å². The van der Waals surface area contributed by atoms with Gasteiger partial charge in [0.05, 0.1) is 18.0 Å². The molecule has 2 fully saturated rings. The van der Waals surface area contributed by atoms with Crippen LogP contribution in [-0.4, -0.2) is 39.5 Å². The maximum Gasteiger partial charge on any atom is 0.258 e. The Hall–Kier alpha value is -0.883. The van der Waals surface area contributed by atoms with Gasteiger partial charge in [-0.3, -0.25) is 0 Å². The van der Waals surface area contributed by atoms with E-state index in [-0.39, 0.29) is 29.6 Å². The first-order valence-corrected chi connectivity index (χ1v) is 16.3. The number of aliphatic hydroxyl groups excluding tert-OH is 1. The molecule has 3 aliphatic rings. The van der Waals surface area contributed by atoms with E-state index in [1.54, 1.807) is 7.11 Å². The number of methoxy groups -OCH3 is 1. The van der Waals surface area contributed by atoms with Gasteiger partial charge in [0, 0.05) is 29.3 Å². The highest BCUT2D eigenvalue weighted by Crippen LogP contribution is 2.69. The summed E-state index contributed by atoms with van der Waals surface area (Å²) in [6, 6.07) is 0. The summed E-state index contributed by atoms with van der Waals surface area (Å²) in [7, 11) is -0.512. The molecule has 7 atom stereocenters. The van der Waals surface area contributed by atoms with Crippen LogP contribution in [0.1, 0.15) is 88.0 Å². The Morgan fingerprint density at radius 1 is 1.14 bits per heavy atom. The minimum atomic E-state index is -2.17. The molecule has 0 spiro atoms. The van der Waals surface area contributed by atoms with E-state index in [9.17, 15) is 5.11 Å². The number of aliphatic hydroxyl groups is 1. The second kappa shape index (κ2) is 10.4. The van der Waals surface area contributed by atoms with Crippen molar-refractivity contribution in [1.29, 1.82) is 0 Å². The van der Waals surface area contributed by atoms with Crippen LogP contribution in [0.25, 0.3) is 0 Å². The Morgan fingerprint density at radius 2 is 1.72 bits per heavy atom. The molecule has 0 aromatic carbocycles. The summed E-state index contributed by atoms with van der Waals surface area (Å²) in [6.45, 7) is 30.0. The summed E-state index contributed by atoms with van der Waals surface area (Å²) in [4.78, 5) is 0. The van der Waals surface area contributed by atoms with Crippen molar-refractivity contribution in [3.8, 4) is 0 Å².